The molecule has 2 nitrogen and oxygen atoms in total. The van der Waals surface area contributed by atoms with Crippen molar-refractivity contribution in [2.24, 2.45) is 0 Å². The zero-order valence-electron chi connectivity index (χ0n) is 11.9. The molecule has 0 bridgehead atoms. The van der Waals surface area contributed by atoms with Gasteiger partial charge in [0.25, 0.3) is 0 Å². The Bertz CT molecular complexity index is 643. The molecule has 0 fully saturated rings. The first kappa shape index (κ1) is 16.1. The smallest absolute Gasteiger partial charge is 0.416 e. The molecule has 0 aliphatic carbocycles. The van der Waals surface area contributed by atoms with E-state index in [0.29, 0.717) is 11.1 Å². The number of carbonyl (C=O) groups is 1. The van der Waals surface area contributed by atoms with E-state index in [0.717, 1.165) is 17.7 Å². The second kappa shape index (κ2) is 6.22. The van der Waals surface area contributed by atoms with Crippen molar-refractivity contribution in [1.82, 2.24) is 0 Å². The number of aliphatic carboxylic acids is 1. The van der Waals surface area contributed by atoms with Crippen LogP contribution in [0.5, 0.6) is 0 Å². The van der Waals surface area contributed by atoms with Crippen LogP contribution in [0.25, 0.3) is 0 Å². The van der Waals surface area contributed by atoms with Crippen molar-refractivity contribution in [1.29, 1.82) is 0 Å². The third-order valence-electron chi connectivity index (χ3n) is 3.50. The van der Waals surface area contributed by atoms with E-state index in [9.17, 15) is 23.1 Å². The third-order valence-corrected chi connectivity index (χ3v) is 3.50. The van der Waals surface area contributed by atoms with Crippen molar-refractivity contribution in [2.45, 2.75) is 25.4 Å². The molecule has 2 aromatic rings. The number of rotatable bonds is 4. The summed E-state index contributed by atoms with van der Waals surface area (Å²) in [7, 11) is 0. The fraction of sp³-hybridized carbons (Fsp3) is 0.235. The van der Waals surface area contributed by atoms with E-state index in [4.69, 9.17) is 0 Å². The Hall–Kier alpha value is -2.30. The lowest BCUT2D eigenvalue weighted by Crippen LogP contribution is -2.14. The first-order chi connectivity index (χ1) is 10.3. The minimum Gasteiger partial charge on any atom is -0.481 e. The van der Waals surface area contributed by atoms with Gasteiger partial charge in [-0.15, -0.1) is 0 Å². The Morgan fingerprint density at radius 1 is 1.05 bits per heavy atom. The molecule has 0 saturated heterocycles. The molecule has 5 heteroatoms. The van der Waals surface area contributed by atoms with Crippen molar-refractivity contribution >= 4 is 5.97 Å². The number of aryl methyl sites for hydroxylation is 1. The van der Waals surface area contributed by atoms with Crippen molar-refractivity contribution in [3.8, 4) is 0 Å². The van der Waals surface area contributed by atoms with Crippen molar-refractivity contribution < 1.29 is 23.1 Å². The van der Waals surface area contributed by atoms with E-state index in [2.05, 4.69) is 0 Å². The number of carboxylic acids is 1. The highest BCUT2D eigenvalue weighted by Crippen LogP contribution is 2.30. The lowest BCUT2D eigenvalue weighted by atomic mass is 9.91. The quantitative estimate of drug-likeness (QED) is 0.907. The van der Waals surface area contributed by atoms with Crippen molar-refractivity contribution in [3.05, 3.63) is 70.8 Å². The first-order valence-electron chi connectivity index (χ1n) is 6.73. The molecule has 0 aromatic heterocycles. The number of benzene rings is 2. The molecule has 0 radical (unpaired) electrons. The van der Waals surface area contributed by atoms with Gasteiger partial charge in [-0.3, -0.25) is 4.79 Å². The van der Waals surface area contributed by atoms with Crippen molar-refractivity contribution in [3.63, 3.8) is 0 Å². The van der Waals surface area contributed by atoms with Crippen LogP contribution in [-0.4, -0.2) is 11.1 Å². The second-order valence-corrected chi connectivity index (χ2v) is 5.20. The lowest BCUT2D eigenvalue weighted by Gasteiger charge is -2.14. The minimum absolute atomic E-state index is 0.149. The van der Waals surface area contributed by atoms with E-state index >= 15 is 0 Å². The van der Waals surface area contributed by atoms with Gasteiger partial charge < -0.3 is 5.11 Å². The molecule has 0 amide bonds. The fourth-order valence-corrected chi connectivity index (χ4v) is 2.21. The Labute approximate surface area is 126 Å². The van der Waals surface area contributed by atoms with Crippen LogP contribution in [-0.2, 0) is 17.4 Å². The van der Waals surface area contributed by atoms with Gasteiger partial charge in [0.15, 0.2) is 0 Å². The summed E-state index contributed by atoms with van der Waals surface area (Å²) >= 11 is 0. The fourth-order valence-electron chi connectivity index (χ4n) is 2.21. The van der Waals surface area contributed by atoms with Crippen LogP contribution in [0.4, 0.5) is 13.2 Å². The van der Waals surface area contributed by atoms with Crippen LogP contribution >= 0.6 is 0 Å². The summed E-state index contributed by atoms with van der Waals surface area (Å²) in [4.78, 5) is 11.4. The van der Waals surface area contributed by atoms with Gasteiger partial charge in [0, 0.05) is 0 Å². The topological polar surface area (TPSA) is 37.3 Å². The largest absolute Gasteiger partial charge is 0.481 e. The first-order valence-corrected chi connectivity index (χ1v) is 6.73. The Kier molecular flexibility index (Phi) is 4.54. The Balaban J connectivity index is 2.21. The zero-order valence-corrected chi connectivity index (χ0v) is 11.9. The van der Waals surface area contributed by atoms with Crippen LogP contribution in [0.2, 0.25) is 0 Å². The van der Waals surface area contributed by atoms with Gasteiger partial charge in [-0.2, -0.15) is 13.2 Å². The van der Waals surface area contributed by atoms with Gasteiger partial charge in [-0.05, 0) is 36.6 Å². The average molecular weight is 308 g/mol. The molecular formula is C17H15F3O2. The van der Waals surface area contributed by atoms with Crippen molar-refractivity contribution in [2.75, 3.05) is 0 Å². The van der Waals surface area contributed by atoms with Gasteiger partial charge in [-0.25, -0.2) is 0 Å². The Morgan fingerprint density at radius 3 is 2.05 bits per heavy atom. The zero-order chi connectivity index (χ0) is 16.3. The van der Waals surface area contributed by atoms with E-state index < -0.39 is 23.6 Å². The number of hydrogen-bond acceptors (Lipinski definition) is 1. The molecule has 2 aromatic carbocycles. The molecule has 116 valence electrons. The van der Waals surface area contributed by atoms with Crippen LogP contribution in [0.15, 0.2) is 48.5 Å². The highest BCUT2D eigenvalue weighted by molar-refractivity contribution is 5.76. The molecule has 2 rings (SSSR count). The molecule has 22 heavy (non-hydrogen) atoms. The molecule has 1 atom stereocenters. The van der Waals surface area contributed by atoms with Crippen LogP contribution < -0.4 is 0 Å². The van der Waals surface area contributed by atoms with E-state index in [1.54, 1.807) is 12.1 Å². The second-order valence-electron chi connectivity index (χ2n) is 5.20. The van der Waals surface area contributed by atoms with Gasteiger partial charge in [0.1, 0.15) is 0 Å². The molecule has 0 aliphatic rings. The number of alkyl halides is 3. The molecule has 1 unspecified atom stereocenters. The summed E-state index contributed by atoms with van der Waals surface area (Å²) in [5.41, 5.74) is 1.47. The van der Waals surface area contributed by atoms with E-state index in [1.165, 1.54) is 12.1 Å². The third kappa shape index (κ3) is 3.87. The van der Waals surface area contributed by atoms with Crippen LogP contribution in [0, 0.1) is 6.92 Å². The highest BCUT2D eigenvalue weighted by Gasteiger charge is 2.30. The monoisotopic (exact) mass is 308 g/mol. The number of hydrogen-bond donors (Lipinski definition) is 1. The summed E-state index contributed by atoms with van der Waals surface area (Å²) in [5, 5.41) is 9.36. The summed E-state index contributed by atoms with van der Waals surface area (Å²) in [6.45, 7) is 1.90. The molecular weight excluding hydrogens is 293 g/mol. The maximum absolute atomic E-state index is 12.5. The van der Waals surface area contributed by atoms with Gasteiger partial charge in [-0.1, -0.05) is 42.0 Å². The normalized spacial score (nSPS) is 12.9. The number of carboxylic acid groups (broad SMARTS) is 1. The maximum atomic E-state index is 12.5. The number of halogens is 3. The highest BCUT2D eigenvalue weighted by atomic mass is 19.4. The summed E-state index contributed by atoms with van der Waals surface area (Å²) in [5.74, 6) is -1.78. The summed E-state index contributed by atoms with van der Waals surface area (Å²) < 4.78 is 37.6. The average Bonchev–Trinajstić information content (AvgIpc) is 2.45. The van der Waals surface area contributed by atoms with E-state index in [-0.39, 0.29) is 6.42 Å². The summed E-state index contributed by atoms with van der Waals surface area (Å²) in [6, 6.07) is 11.7. The lowest BCUT2D eigenvalue weighted by molar-refractivity contribution is -0.139. The van der Waals surface area contributed by atoms with Gasteiger partial charge in [0.05, 0.1) is 11.5 Å². The summed E-state index contributed by atoms with van der Waals surface area (Å²) in [6.07, 6.45) is -4.24. The SMILES string of the molecule is Cc1ccc(C(Cc2ccc(C(F)(F)F)cc2)C(=O)O)cc1. The predicted molar refractivity (Wildman–Crippen MR) is 76.7 cm³/mol. The molecule has 0 aliphatic heterocycles. The van der Waals surface area contributed by atoms with Gasteiger partial charge in [0.2, 0.25) is 0 Å². The molecule has 0 saturated carbocycles. The van der Waals surface area contributed by atoms with Crippen LogP contribution in [0.1, 0.15) is 28.2 Å². The Morgan fingerprint density at radius 2 is 1.59 bits per heavy atom. The maximum Gasteiger partial charge on any atom is 0.416 e. The predicted octanol–water partition coefficient (Wildman–Crippen LogP) is 4.42. The molecule has 0 heterocycles. The molecule has 0 spiro atoms. The van der Waals surface area contributed by atoms with E-state index in [1.807, 2.05) is 19.1 Å². The molecule has 1 N–H and O–H groups in total. The van der Waals surface area contributed by atoms with Gasteiger partial charge >= 0.3 is 12.1 Å². The van der Waals surface area contributed by atoms with Crippen LogP contribution in [0.3, 0.4) is 0 Å². The minimum atomic E-state index is -4.39. The standard InChI is InChI=1S/C17H15F3O2/c1-11-2-6-13(7-3-11)15(16(21)22)10-12-4-8-14(9-5-12)17(18,19)20/h2-9,15H,10H2,1H3,(H,21,22).